The Balaban J connectivity index is 1.72. The van der Waals surface area contributed by atoms with E-state index in [2.05, 4.69) is 22.4 Å². The Morgan fingerprint density at radius 2 is 2.35 bits per heavy atom. The molecule has 2 atom stereocenters. The van der Waals surface area contributed by atoms with Gasteiger partial charge in [-0.2, -0.15) is 5.10 Å². The first-order valence-corrected chi connectivity index (χ1v) is 6.84. The minimum atomic E-state index is 0.446. The Labute approximate surface area is 108 Å². The zero-order chi connectivity index (χ0) is 12.1. The van der Waals surface area contributed by atoms with Gasteiger partial charge >= 0.3 is 0 Å². The summed E-state index contributed by atoms with van der Waals surface area (Å²) in [5.74, 6) is 1.79. The van der Waals surface area contributed by atoms with Crippen LogP contribution in [0.4, 0.5) is 5.69 Å². The Hall–Kier alpha value is -0.830. The monoisotopic (exact) mass is 253 g/mol. The first-order chi connectivity index (χ1) is 8.24. The van der Waals surface area contributed by atoms with E-state index in [0.29, 0.717) is 5.15 Å². The third-order valence-electron chi connectivity index (χ3n) is 3.55. The first kappa shape index (κ1) is 12.6. The molecule has 17 heavy (non-hydrogen) atoms. The summed E-state index contributed by atoms with van der Waals surface area (Å²) in [4.78, 5) is 0. The van der Waals surface area contributed by atoms with Crippen molar-refractivity contribution in [3.8, 4) is 0 Å². The van der Waals surface area contributed by atoms with Crippen molar-refractivity contribution in [3.63, 3.8) is 0 Å². The molecule has 1 aromatic heterocycles. The number of nitrogens with one attached hydrogen (secondary N) is 1. The maximum atomic E-state index is 5.78. The fraction of sp³-hybridized carbons (Fsp3) is 0.692. The zero-order valence-electron chi connectivity index (χ0n) is 10.3. The molecule has 2 rings (SSSR count). The standard InChI is InChI=1S/C13H20ClN3/c1-10-3-2-4-11(7-10)5-6-15-12-8-13(14)17-16-9-12/h8-11H,2-7H2,1H3,(H,15,17). The number of hydrogen-bond acceptors (Lipinski definition) is 3. The summed E-state index contributed by atoms with van der Waals surface area (Å²) in [6, 6.07) is 1.82. The molecule has 2 unspecified atom stereocenters. The summed E-state index contributed by atoms with van der Waals surface area (Å²) in [5, 5.41) is 11.3. The Kier molecular flexibility index (Phi) is 4.60. The summed E-state index contributed by atoms with van der Waals surface area (Å²) in [5.41, 5.74) is 0.967. The third kappa shape index (κ3) is 4.15. The smallest absolute Gasteiger partial charge is 0.153 e. The average molecular weight is 254 g/mol. The van der Waals surface area contributed by atoms with Crippen LogP contribution in [0.5, 0.6) is 0 Å². The van der Waals surface area contributed by atoms with Crippen molar-refractivity contribution < 1.29 is 0 Å². The van der Waals surface area contributed by atoms with E-state index in [1.54, 1.807) is 6.20 Å². The molecule has 1 aliphatic rings. The summed E-state index contributed by atoms with van der Waals surface area (Å²) < 4.78 is 0. The summed E-state index contributed by atoms with van der Waals surface area (Å²) in [6.45, 7) is 3.37. The highest BCUT2D eigenvalue weighted by molar-refractivity contribution is 6.29. The van der Waals surface area contributed by atoms with Crippen LogP contribution >= 0.6 is 11.6 Å². The SMILES string of the molecule is CC1CCCC(CCNc2cnnc(Cl)c2)C1. The number of aromatic nitrogens is 2. The molecule has 0 bridgehead atoms. The lowest BCUT2D eigenvalue weighted by atomic mass is 9.81. The van der Waals surface area contributed by atoms with Crippen molar-refractivity contribution in [1.82, 2.24) is 10.2 Å². The molecule has 1 saturated carbocycles. The highest BCUT2D eigenvalue weighted by Gasteiger charge is 2.18. The van der Waals surface area contributed by atoms with Gasteiger partial charge in [0.2, 0.25) is 0 Å². The highest BCUT2D eigenvalue weighted by atomic mass is 35.5. The predicted octanol–water partition coefficient (Wildman–Crippen LogP) is 3.76. The van der Waals surface area contributed by atoms with Gasteiger partial charge in [0.05, 0.1) is 11.9 Å². The molecule has 1 fully saturated rings. The van der Waals surface area contributed by atoms with Crippen molar-refractivity contribution >= 4 is 17.3 Å². The number of hydrogen-bond donors (Lipinski definition) is 1. The van der Waals surface area contributed by atoms with Crippen LogP contribution in [0.25, 0.3) is 0 Å². The molecule has 1 N–H and O–H groups in total. The zero-order valence-corrected chi connectivity index (χ0v) is 11.1. The van der Waals surface area contributed by atoms with E-state index in [9.17, 15) is 0 Å². The quantitative estimate of drug-likeness (QED) is 0.888. The topological polar surface area (TPSA) is 37.8 Å². The lowest BCUT2D eigenvalue weighted by Crippen LogP contribution is -2.16. The number of anilines is 1. The van der Waals surface area contributed by atoms with Gasteiger partial charge in [-0.3, -0.25) is 0 Å². The molecule has 94 valence electrons. The minimum absolute atomic E-state index is 0.446. The largest absolute Gasteiger partial charge is 0.384 e. The molecule has 0 saturated heterocycles. The van der Waals surface area contributed by atoms with E-state index in [0.717, 1.165) is 24.1 Å². The van der Waals surface area contributed by atoms with Crippen LogP contribution in [0.3, 0.4) is 0 Å². The summed E-state index contributed by atoms with van der Waals surface area (Å²) in [7, 11) is 0. The van der Waals surface area contributed by atoms with Crippen LogP contribution in [-0.2, 0) is 0 Å². The van der Waals surface area contributed by atoms with Gasteiger partial charge < -0.3 is 5.32 Å². The number of halogens is 1. The van der Waals surface area contributed by atoms with Gasteiger partial charge in [-0.05, 0) is 24.7 Å². The second kappa shape index (κ2) is 6.20. The van der Waals surface area contributed by atoms with Gasteiger partial charge in [0.25, 0.3) is 0 Å². The fourth-order valence-electron chi connectivity index (χ4n) is 2.68. The molecule has 1 aromatic rings. The van der Waals surface area contributed by atoms with Crippen molar-refractivity contribution in [2.24, 2.45) is 11.8 Å². The summed E-state index contributed by atoms with van der Waals surface area (Å²) in [6.07, 6.45) is 8.54. The van der Waals surface area contributed by atoms with Crippen molar-refractivity contribution in [1.29, 1.82) is 0 Å². The highest BCUT2D eigenvalue weighted by Crippen LogP contribution is 2.30. The van der Waals surface area contributed by atoms with Crippen LogP contribution in [0.2, 0.25) is 5.15 Å². The van der Waals surface area contributed by atoms with Crippen molar-refractivity contribution in [2.45, 2.75) is 39.0 Å². The number of nitrogens with zero attached hydrogens (tertiary/aromatic N) is 2. The molecule has 4 heteroatoms. The van der Waals surface area contributed by atoms with Gasteiger partial charge in [-0.1, -0.05) is 37.8 Å². The van der Waals surface area contributed by atoms with Crippen LogP contribution in [-0.4, -0.2) is 16.7 Å². The molecular formula is C13H20ClN3. The molecule has 1 aliphatic carbocycles. The van der Waals surface area contributed by atoms with Gasteiger partial charge in [0, 0.05) is 12.6 Å². The molecule has 1 heterocycles. The van der Waals surface area contributed by atoms with Gasteiger partial charge in [0.15, 0.2) is 5.15 Å². The normalized spacial score (nSPS) is 24.6. The van der Waals surface area contributed by atoms with E-state index < -0.39 is 0 Å². The lowest BCUT2D eigenvalue weighted by Gasteiger charge is -2.26. The van der Waals surface area contributed by atoms with Gasteiger partial charge in [0.1, 0.15) is 0 Å². The first-order valence-electron chi connectivity index (χ1n) is 6.46. The second-order valence-electron chi connectivity index (χ2n) is 5.12. The molecule has 3 nitrogen and oxygen atoms in total. The molecule has 0 radical (unpaired) electrons. The van der Waals surface area contributed by atoms with Crippen LogP contribution in [0.15, 0.2) is 12.3 Å². The Morgan fingerprint density at radius 1 is 1.47 bits per heavy atom. The van der Waals surface area contributed by atoms with E-state index >= 15 is 0 Å². The van der Waals surface area contributed by atoms with E-state index in [1.165, 1.54) is 32.1 Å². The average Bonchev–Trinajstić information content (AvgIpc) is 2.29. The van der Waals surface area contributed by atoms with Crippen molar-refractivity contribution in [2.75, 3.05) is 11.9 Å². The number of rotatable bonds is 4. The maximum absolute atomic E-state index is 5.78. The van der Waals surface area contributed by atoms with Crippen LogP contribution in [0.1, 0.15) is 39.0 Å². The lowest BCUT2D eigenvalue weighted by molar-refractivity contribution is 0.274. The Bertz CT molecular complexity index is 356. The molecular weight excluding hydrogens is 234 g/mol. The van der Waals surface area contributed by atoms with E-state index in [4.69, 9.17) is 11.6 Å². The second-order valence-corrected chi connectivity index (χ2v) is 5.51. The molecule has 0 amide bonds. The van der Waals surface area contributed by atoms with Gasteiger partial charge in [-0.15, -0.1) is 5.10 Å². The van der Waals surface area contributed by atoms with Crippen LogP contribution in [0, 0.1) is 11.8 Å². The fourth-order valence-corrected chi connectivity index (χ4v) is 2.84. The molecule has 0 aromatic carbocycles. The maximum Gasteiger partial charge on any atom is 0.153 e. The Morgan fingerprint density at radius 3 is 3.12 bits per heavy atom. The van der Waals surface area contributed by atoms with Gasteiger partial charge in [-0.25, -0.2) is 0 Å². The third-order valence-corrected chi connectivity index (χ3v) is 3.74. The molecule has 0 spiro atoms. The van der Waals surface area contributed by atoms with Crippen LogP contribution < -0.4 is 5.32 Å². The van der Waals surface area contributed by atoms with Crippen molar-refractivity contribution in [3.05, 3.63) is 17.4 Å². The summed E-state index contributed by atoms with van der Waals surface area (Å²) >= 11 is 5.78. The molecule has 0 aliphatic heterocycles. The van der Waals surface area contributed by atoms with E-state index in [1.807, 2.05) is 6.07 Å². The predicted molar refractivity (Wildman–Crippen MR) is 71.3 cm³/mol. The minimum Gasteiger partial charge on any atom is -0.384 e. The van der Waals surface area contributed by atoms with E-state index in [-0.39, 0.29) is 0 Å².